The van der Waals surface area contributed by atoms with Crippen LogP contribution in [0, 0.1) is 19.3 Å². The summed E-state index contributed by atoms with van der Waals surface area (Å²) < 4.78 is 14.3. The second-order valence-electron chi connectivity index (χ2n) is 11.3. The first kappa shape index (κ1) is 27.2. The van der Waals surface area contributed by atoms with Crippen LogP contribution in [0.1, 0.15) is 56.9 Å². The van der Waals surface area contributed by atoms with Crippen molar-refractivity contribution in [1.29, 1.82) is 0 Å². The number of thiazole rings is 1. The number of β-amino-alcohol motifs (C(OH)–C–C–N with tert-alkyl or cyclic N) is 1. The monoisotopic (exact) mass is 530 g/mol. The van der Waals surface area contributed by atoms with E-state index in [1.165, 1.54) is 4.90 Å². The van der Waals surface area contributed by atoms with E-state index in [9.17, 15) is 23.9 Å². The maximum Gasteiger partial charge on any atom is 0.258 e. The Bertz CT molecular complexity index is 1200. The molecule has 3 atom stereocenters. The molecule has 0 radical (unpaired) electrons. The van der Waals surface area contributed by atoms with Gasteiger partial charge in [-0.25, -0.2) is 9.37 Å². The maximum atomic E-state index is 14.3. The second-order valence-corrected chi connectivity index (χ2v) is 12.1. The molecule has 2 aliphatic rings. The standard InChI is InChI=1S/C27H35FN4O4S/c1-15-10-17(21-16(2)30-14-37-21)6-7-18(15)12-29-23(34)20-11-19(33)13-32(20)24(35)22(26(3,4)5)31-25(36)27(28)8-9-27/h6-7,10,14,19-20,22,33H,8-9,11-13H2,1-5H3,(H,29,34)(H,31,36). The van der Waals surface area contributed by atoms with E-state index >= 15 is 0 Å². The molecule has 1 saturated carbocycles. The summed E-state index contributed by atoms with van der Waals surface area (Å²) in [6.45, 7) is 9.51. The van der Waals surface area contributed by atoms with Crippen molar-refractivity contribution < 1.29 is 23.9 Å². The normalized spacial score (nSPS) is 21.4. The van der Waals surface area contributed by atoms with Gasteiger partial charge >= 0.3 is 0 Å². The zero-order valence-corrected chi connectivity index (χ0v) is 22.7. The third-order valence-electron chi connectivity index (χ3n) is 7.15. The zero-order valence-electron chi connectivity index (χ0n) is 21.9. The molecule has 1 aromatic heterocycles. The molecule has 0 bridgehead atoms. The number of nitrogens with zero attached hydrogens (tertiary/aromatic N) is 2. The smallest absolute Gasteiger partial charge is 0.258 e. The van der Waals surface area contributed by atoms with Crippen molar-refractivity contribution in [2.24, 2.45) is 5.41 Å². The number of hydrogen-bond donors (Lipinski definition) is 3. The molecule has 1 aromatic carbocycles. The van der Waals surface area contributed by atoms with Crippen LogP contribution in [-0.4, -0.2) is 63.1 Å². The Kier molecular flexibility index (Phi) is 7.45. The van der Waals surface area contributed by atoms with Crippen LogP contribution in [0.25, 0.3) is 10.4 Å². The molecule has 1 saturated heterocycles. The number of carbonyl (C=O) groups excluding carboxylic acids is 3. The fourth-order valence-corrected chi connectivity index (χ4v) is 5.43. The quantitative estimate of drug-likeness (QED) is 0.510. The van der Waals surface area contributed by atoms with Crippen molar-refractivity contribution in [2.45, 2.75) is 84.3 Å². The predicted octanol–water partition coefficient (Wildman–Crippen LogP) is 3.04. The average molecular weight is 531 g/mol. The highest BCUT2D eigenvalue weighted by molar-refractivity contribution is 7.13. The molecule has 0 spiro atoms. The first-order chi connectivity index (χ1) is 17.3. The molecule has 10 heteroatoms. The summed E-state index contributed by atoms with van der Waals surface area (Å²) >= 11 is 1.58. The van der Waals surface area contributed by atoms with Crippen LogP contribution in [-0.2, 0) is 20.9 Å². The van der Waals surface area contributed by atoms with Gasteiger partial charge in [-0.3, -0.25) is 14.4 Å². The number of hydrogen-bond acceptors (Lipinski definition) is 6. The van der Waals surface area contributed by atoms with Crippen molar-refractivity contribution in [3.05, 3.63) is 40.5 Å². The topological polar surface area (TPSA) is 112 Å². The number of nitrogens with one attached hydrogen (secondary N) is 2. The van der Waals surface area contributed by atoms with Crippen LogP contribution in [0.5, 0.6) is 0 Å². The Morgan fingerprint density at radius 1 is 1.27 bits per heavy atom. The van der Waals surface area contributed by atoms with Gasteiger partial charge in [0, 0.05) is 19.5 Å². The van der Waals surface area contributed by atoms with Crippen LogP contribution in [0.2, 0.25) is 0 Å². The van der Waals surface area contributed by atoms with Gasteiger partial charge in [0.1, 0.15) is 12.1 Å². The summed E-state index contributed by atoms with van der Waals surface area (Å²) in [4.78, 5) is 45.8. The fourth-order valence-electron chi connectivity index (χ4n) is 4.63. The highest BCUT2D eigenvalue weighted by Gasteiger charge is 2.53. The number of alkyl halides is 1. The van der Waals surface area contributed by atoms with Gasteiger partial charge in [0.05, 0.1) is 22.2 Å². The third kappa shape index (κ3) is 5.85. The first-order valence-corrected chi connectivity index (χ1v) is 13.4. The zero-order chi connectivity index (χ0) is 27.1. The lowest BCUT2D eigenvalue weighted by Gasteiger charge is -2.35. The highest BCUT2D eigenvalue weighted by atomic mass is 32.1. The minimum atomic E-state index is -1.92. The minimum absolute atomic E-state index is 0.0257. The molecule has 1 aliphatic carbocycles. The summed E-state index contributed by atoms with van der Waals surface area (Å²) in [6, 6.07) is 4.11. The van der Waals surface area contributed by atoms with Crippen LogP contribution in [0.3, 0.4) is 0 Å². The number of aliphatic hydroxyl groups excluding tert-OH is 1. The predicted molar refractivity (Wildman–Crippen MR) is 139 cm³/mol. The van der Waals surface area contributed by atoms with Gasteiger partial charge in [0.2, 0.25) is 11.8 Å². The largest absolute Gasteiger partial charge is 0.391 e. The second kappa shape index (κ2) is 10.1. The number of aliphatic hydroxyl groups is 1. The van der Waals surface area contributed by atoms with Gasteiger partial charge < -0.3 is 20.6 Å². The molecule has 4 rings (SSSR count). The molecule has 37 heavy (non-hydrogen) atoms. The van der Waals surface area contributed by atoms with Gasteiger partial charge in [0.15, 0.2) is 5.67 Å². The van der Waals surface area contributed by atoms with E-state index in [1.807, 2.05) is 31.5 Å². The number of carbonyl (C=O) groups is 3. The molecular formula is C27H35FN4O4S. The molecule has 200 valence electrons. The molecule has 8 nitrogen and oxygen atoms in total. The highest BCUT2D eigenvalue weighted by Crippen LogP contribution is 2.40. The summed E-state index contributed by atoms with van der Waals surface area (Å²) in [7, 11) is 0. The van der Waals surface area contributed by atoms with Gasteiger partial charge in [-0.1, -0.05) is 39.0 Å². The van der Waals surface area contributed by atoms with Crippen LogP contribution in [0.15, 0.2) is 23.7 Å². The molecule has 3 amide bonds. The summed E-state index contributed by atoms with van der Waals surface area (Å²) in [5, 5.41) is 15.8. The van der Waals surface area contributed by atoms with Crippen LogP contribution in [0.4, 0.5) is 4.39 Å². The van der Waals surface area contributed by atoms with Gasteiger partial charge in [-0.2, -0.15) is 0 Å². The van der Waals surface area contributed by atoms with Crippen molar-refractivity contribution in [2.75, 3.05) is 6.54 Å². The lowest BCUT2D eigenvalue weighted by molar-refractivity contribution is -0.145. The number of likely N-dealkylation sites (tertiary alicyclic amines) is 1. The maximum absolute atomic E-state index is 14.3. The third-order valence-corrected chi connectivity index (χ3v) is 8.13. The molecule has 2 aromatic rings. The Morgan fingerprint density at radius 2 is 1.97 bits per heavy atom. The Balaban J connectivity index is 1.45. The van der Waals surface area contributed by atoms with E-state index in [-0.39, 0.29) is 38.3 Å². The molecule has 2 fully saturated rings. The van der Waals surface area contributed by atoms with E-state index < -0.39 is 41.1 Å². The van der Waals surface area contributed by atoms with E-state index in [1.54, 1.807) is 32.1 Å². The summed E-state index contributed by atoms with van der Waals surface area (Å²) in [5.41, 5.74) is 3.17. The minimum Gasteiger partial charge on any atom is -0.391 e. The number of halogens is 1. The molecule has 1 aliphatic heterocycles. The molecule has 2 heterocycles. The lowest BCUT2D eigenvalue weighted by atomic mass is 9.85. The van der Waals surface area contributed by atoms with Crippen molar-refractivity contribution >= 4 is 29.1 Å². The Labute approximate surface area is 220 Å². The van der Waals surface area contributed by atoms with Crippen molar-refractivity contribution in [3.8, 4) is 10.4 Å². The Morgan fingerprint density at radius 3 is 2.54 bits per heavy atom. The van der Waals surface area contributed by atoms with E-state index in [2.05, 4.69) is 21.7 Å². The van der Waals surface area contributed by atoms with Gasteiger partial charge in [0.25, 0.3) is 5.91 Å². The number of aromatic nitrogens is 1. The van der Waals surface area contributed by atoms with E-state index in [4.69, 9.17) is 0 Å². The van der Waals surface area contributed by atoms with Crippen LogP contribution >= 0.6 is 11.3 Å². The van der Waals surface area contributed by atoms with Gasteiger partial charge in [-0.15, -0.1) is 11.3 Å². The number of benzene rings is 1. The fraction of sp³-hybridized carbons (Fsp3) is 0.556. The summed E-state index contributed by atoms with van der Waals surface area (Å²) in [5.74, 6) is -1.67. The van der Waals surface area contributed by atoms with Crippen molar-refractivity contribution in [3.63, 3.8) is 0 Å². The SMILES string of the molecule is Cc1cc(-c2scnc2C)ccc1CNC(=O)C1CC(O)CN1C(=O)C(NC(=O)C1(F)CC1)C(C)(C)C. The molecule has 3 N–H and O–H groups in total. The first-order valence-electron chi connectivity index (χ1n) is 12.6. The van der Waals surface area contributed by atoms with E-state index in [0.29, 0.717) is 0 Å². The average Bonchev–Trinajstić information content (AvgIpc) is 3.23. The van der Waals surface area contributed by atoms with Crippen LogP contribution < -0.4 is 10.6 Å². The van der Waals surface area contributed by atoms with E-state index in [0.717, 1.165) is 27.3 Å². The van der Waals surface area contributed by atoms with Gasteiger partial charge in [-0.05, 0) is 48.8 Å². The molecular weight excluding hydrogens is 495 g/mol. The Hall–Kier alpha value is -2.85. The number of amides is 3. The number of aryl methyl sites for hydroxylation is 2. The van der Waals surface area contributed by atoms with Crippen molar-refractivity contribution in [1.82, 2.24) is 20.5 Å². The number of rotatable bonds is 7. The molecule has 3 unspecified atom stereocenters. The lowest BCUT2D eigenvalue weighted by Crippen LogP contribution is -2.59. The summed E-state index contributed by atoms with van der Waals surface area (Å²) in [6.07, 6.45) is -0.489.